The molecule has 5 nitrogen and oxygen atoms in total. The van der Waals surface area contributed by atoms with E-state index in [-0.39, 0.29) is 5.91 Å². The molecule has 1 N–H and O–H groups in total. The molecular weight excluding hydrogens is 286 g/mol. The second-order valence-electron chi connectivity index (χ2n) is 4.52. The van der Waals surface area contributed by atoms with Crippen molar-refractivity contribution in [2.24, 2.45) is 0 Å². The van der Waals surface area contributed by atoms with E-state index < -0.39 is 0 Å². The van der Waals surface area contributed by atoms with Crippen molar-refractivity contribution in [3.63, 3.8) is 0 Å². The molecule has 3 aromatic heterocycles. The van der Waals surface area contributed by atoms with Gasteiger partial charge in [-0.25, -0.2) is 9.97 Å². The second-order valence-corrected chi connectivity index (χ2v) is 5.72. The highest BCUT2D eigenvalue weighted by molar-refractivity contribution is 7.15. The maximum atomic E-state index is 12.3. The van der Waals surface area contributed by atoms with Crippen LogP contribution in [0.15, 0.2) is 41.0 Å². The van der Waals surface area contributed by atoms with E-state index in [2.05, 4.69) is 15.3 Å². The Labute approximate surface area is 125 Å². The van der Waals surface area contributed by atoms with Crippen molar-refractivity contribution in [1.82, 2.24) is 9.97 Å². The lowest BCUT2D eigenvalue weighted by Gasteiger charge is -2.03. The van der Waals surface area contributed by atoms with E-state index in [4.69, 9.17) is 4.42 Å². The molecule has 3 rings (SSSR count). The number of hydrogen-bond acceptors (Lipinski definition) is 5. The first-order valence-electron chi connectivity index (χ1n) is 6.40. The van der Waals surface area contributed by atoms with Crippen LogP contribution >= 0.6 is 11.3 Å². The first kappa shape index (κ1) is 13.5. The number of thiazole rings is 1. The molecule has 21 heavy (non-hydrogen) atoms. The Kier molecular flexibility index (Phi) is 3.53. The van der Waals surface area contributed by atoms with Crippen molar-refractivity contribution < 1.29 is 9.21 Å². The van der Waals surface area contributed by atoms with Crippen molar-refractivity contribution >= 4 is 23.1 Å². The number of hydrogen-bond donors (Lipinski definition) is 1. The normalized spacial score (nSPS) is 10.6. The SMILES string of the molecule is Cc1cccc(NC(=O)c2nc(-c3ccco3)sc2C)n1. The molecule has 0 radical (unpaired) electrons. The summed E-state index contributed by atoms with van der Waals surface area (Å²) in [5.74, 6) is 0.919. The van der Waals surface area contributed by atoms with Gasteiger partial charge in [-0.15, -0.1) is 11.3 Å². The van der Waals surface area contributed by atoms with E-state index in [0.717, 1.165) is 10.6 Å². The first-order chi connectivity index (χ1) is 10.1. The molecule has 6 heteroatoms. The molecule has 106 valence electrons. The second kappa shape index (κ2) is 5.49. The summed E-state index contributed by atoms with van der Waals surface area (Å²) in [4.78, 5) is 21.7. The van der Waals surface area contributed by atoms with Crippen molar-refractivity contribution in [2.45, 2.75) is 13.8 Å². The molecule has 0 aromatic carbocycles. The number of pyridine rings is 1. The highest BCUT2D eigenvalue weighted by Gasteiger charge is 2.18. The summed E-state index contributed by atoms with van der Waals surface area (Å²) in [6.07, 6.45) is 1.59. The zero-order valence-corrected chi connectivity index (χ0v) is 12.4. The van der Waals surface area contributed by atoms with Gasteiger partial charge in [0.25, 0.3) is 5.91 Å². The van der Waals surface area contributed by atoms with E-state index in [0.29, 0.717) is 22.3 Å². The Morgan fingerprint density at radius 2 is 2.05 bits per heavy atom. The number of anilines is 1. The van der Waals surface area contributed by atoms with Crippen LogP contribution in [-0.2, 0) is 0 Å². The average molecular weight is 299 g/mol. The lowest BCUT2D eigenvalue weighted by Crippen LogP contribution is -2.14. The number of nitrogens with one attached hydrogen (secondary N) is 1. The monoisotopic (exact) mass is 299 g/mol. The number of aryl methyl sites for hydroxylation is 2. The highest BCUT2D eigenvalue weighted by Crippen LogP contribution is 2.28. The van der Waals surface area contributed by atoms with Crippen LogP contribution in [0.4, 0.5) is 5.82 Å². The summed E-state index contributed by atoms with van der Waals surface area (Å²) in [7, 11) is 0. The van der Waals surface area contributed by atoms with Crippen LogP contribution in [0.2, 0.25) is 0 Å². The summed E-state index contributed by atoms with van der Waals surface area (Å²) in [5.41, 5.74) is 1.24. The minimum atomic E-state index is -0.264. The van der Waals surface area contributed by atoms with Gasteiger partial charge in [-0.2, -0.15) is 0 Å². The van der Waals surface area contributed by atoms with Crippen LogP contribution in [0, 0.1) is 13.8 Å². The van der Waals surface area contributed by atoms with Crippen LogP contribution in [-0.4, -0.2) is 15.9 Å². The van der Waals surface area contributed by atoms with Gasteiger partial charge in [0.15, 0.2) is 10.8 Å². The smallest absolute Gasteiger partial charge is 0.276 e. The Morgan fingerprint density at radius 3 is 2.76 bits per heavy atom. The standard InChI is InChI=1S/C15H13N3O2S/c1-9-5-3-7-12(16-9)17-14(19)13-10(2)21-15(18-13)11-6-4-8-20-11/h3-8H,1-2H3,(H,16,17,19). The molecule has 0 spiro atoms. The largest absolute Gasteiger partial charge is 0.462 e. The Hall–Kier alpha value is -2.47. The van der Waals surface area contributed by atoms with Crippen molar-refractivity contribution in [3.8, 4) is 10.8 Å². The van der Waals surface area contributed by atoms with E-state index in [1.54, 1.807) is 18.4 Å². The molecule has 0 fully saturated rings. The van der Waals surface area contributed by atoms with Crippen LogP contribution in [0.5, 0.6) is 0 Å². The van der Waals surface area contributed by atoms with Crippen LogP contribution in [0.1, 0.15) is 21.1 Å². The van der Waals surface area contributed by atoms with Gasteiger partial charge in [-0.3, -0.25) is 4.79 Å². The minimum absolute atomic E-state index is 0.264. The third-order valence-corrected chi connectivity index (χ3v) is 3.86. The summed E-state index contributed by atoms with van der Waals surface area (Å²) >= 11 is 1.43. The van der Waals surface area contributed by atoms with Gasteiger partial charge in [-0.1, -0.05) is 6.07 Å². The Balaban J connectivity index is 1.85. The van der Waals surface area contributed by atoms with Gasteiger partial charge in [0, 0.05) is 10.6 Å². The summed E-state index contributed by atoms with van der Waals surface area (Å²) in [6.45, 7) is 3.74. The van der Waals surface area contributed by atoms with Crippen molar-refractivity contribution in [2.75, 3.05) is 5.32 Å². The maximum Gasteiger partial charge on any atom is 0.276 e. The molecule has 0 aliphatic heterocycles. The van der Waals surface area contributed by atoms with Gasteiger partial charge in [-0.05, 0) is 38.1 Å². The molecule has 0 aliphatic rings. The highest BCUT2D eigenvalue weighted by atomic mass is 32.1. The summed E-state index contributed by atoms with van der Waals surface area (Å²) in [5, 5.41) is 3.46. The molecule has 0 aliphatic carbocycles. The number of nitrogens with zero attached hydrogens (tertiary/aromatic N) is 2. The lowest BCUT2D eigenvalue weighted by atomic mass is 10.3. The van der Waals surface area contributed by atoms with E-state index >= 15 is 0 Å². The topological polar surface area (TPSA) is 68.0 Å². The zero-order valence-electron chi connectivity index (χ0n) is 11.6. The Morgan fingerprint density at radius 1 is 1.19 bits per heavy atom. The van der Waals surface area contributed by atoms with Crippen LogP contribution < -0.4 is 5.32 Å². The molecule has 0 saturated carbocycles. The van der Waals surface area contributed by atoms with Crippen LogP contribution in [0.3, 0.4) is 0 Å². The fourth-order valence-corrected chi connectivity index (χ4v) is 2.78. The fourth-order valence-electron chi connectivity index (χ4n) is 1.90. The third kappa shape index (κ3) is 2.85. The van der Waals surface area contributed by atoms with Gasteiger partial charge in [0.2, 0.25) is 0 Å². The molecule has 1 amide bonds. The number of rotatable bonds is 3. The number of furan rings is 1. The Bertz CT molecular complexity index is 778. The van der Waals surface area contributed by atoms with Gasteiger partial charge in [0.1, 0.15) is 11.5 Å². The number of amides is 1. The molecular formula is C15H13N3O2S. The fraction of sp³-hybridized carbons (Fsp3) is 0.133. The molecule has 0 saturated heterocycles. The molecule has 3 heterocycles. The first-order valence-corrected chi connectivity index (χ1v) is 7.21. The van der Waals surface area contributed by atoms with E-state index in [9.17, 15) is 4.79 Å². The average Bonchev–Trinajstić information content (AvgIpc) is 3.07. The van der Waals surface area contributed by atoms with Crippen molar-refractivity contribution in [1.29, 1.82) is 0 Å². The number of carbonyl (C=O) groups excluding carboxylic acids is 1. The zero-order chi connectivity index (χ0) is 14.8. The van der Waals surface area contributed by atoms with E-state index in [1.807, 2.05) is 32.0 Å². The number of aromatic nitrogens is 2. The third-order valence-electron chi connectivity index (χ3n) is 2.87. The molecule has 0 atom stereocenters. The maximum absolute atomic E-state index is 12.3. The lowest BCUT2D eigenvalue weighted by molar-refractivity contribution is 0.102. The van der Waals surface area contributed by atoms with Crippen LogP contribution in [0.25, 0.3) is 10.8 Å². The number of carbonyl (C=O) groups is 1. The predicted molar refractivity (Wildman–Crippen MR) is 81.5 cm³/mol. The van der Waals surface area contributed by atoms with Gasteiger partial charge >= 0.3 is 0 Å². The molecule has 0 unspecified atom stereocenters. The molecule has 3 aromatic rings. The van der Waals surface area contributed by atoms with Gasteiger partial charge < -0.3 is 9.73 Å². The summed E-state index contributed by atoms with van der Waals surface area (Å²) < 4.78 is 5.31. The summed E-state index contributed by atoms with van der Waals surface area (Å²) in [6, 6.07) is 9.09. The minimum Gasteiger partial charge on any atom is -0.462 e. The molecule has 0 bridgehead atoms. The predicted octanol–water partition coefficient (Wildman–Crippen LogP) is 3.67. The van der Waals surface area contributed by atoms with Crippen molar-refractivity contribution in [3.05, 3.63) is 52.9 Å². The van der Waals surface area contributed by atoms with E-state index in [1.165, 1.54) is 11.3 Å². The van der Waals surface area contributed by atoms with Gasteiger partial charge in [0.05, 0.1) is 6.26 Å². The quantitative estimate of drug-likeness (QED) is 0.801.